The fraction of sp³-hybridized carbons (Fsp3) is 0.636. The van der Waals surface area contributed by atoms with Gasteiger partial charge in [0, 0.05) is 25.7 Å². The van der Waals surface area contributed by atoms with E-state index in [0.717, 1.165) is 17.3 Å². The first-order valence-electron chi connectivity index (χ1n) is 10.1. The summed E-state index contributed by atoms with van der Waals surface area (Å²) in [6, 6.07) is 9.37. The van der Waals surface area contributed by atoms with Crippen molar-refractivity contribution in [2.24, 2.45) is 0 Å². The van der Waals surface area contributed by atoms with Gasteiger partial charge in [0.1, 0.15) is 11.7 Å². The minimum absolute atomic E-state index is 0. The first kappa shape index (κ1) is 23.9. The molecule has 2 heterocycles. The van der Waals surface area contributed by atoms with Crippen LogP contribution >= 0.6 is 0 Å². The van der Waals surface area contributed by atoms with Gasteiger partial charge in [0.15, 0.2) is 6.04 Å². The van der Waals surface area contributed by atoms with E-state index in [0.29, 0.717) is 17.6 Å². The standard InChI is InChI=1S/C22H32N2O4.HI/c1-22(2,3)28-21(26)23-19(15-9-7-6-8-10-15)20(25)27-18-13-16-11-12-17(14-18)24(16,4)5;/h6-10,16-19H,11-14H2,1-5H3;1H. The fourth-order valence-electron chi connectivity index (χ4n) is 4.51. The van der Waals surface area contributed by atoms with Crippen LogP contribution < -0.4 is 29.3 Å². The molecule has 2 bridgehead atoms. The highest BCUT2D eigenvalue weighted by Gasteiger charge is 2.50. The number of piperidine rings is 1. The molecule has 0 spiro atoms. The number of amides is 1. The van der Waals surface area contributed by atoms with E-state index in [-0.39, 0.29) is 30.1 Å². The molecule has 2 aliphatic heterocycles. The quantitative estimate of drug-likeness (QED) is 0.361. The molecule has 7 heteroatoms. The smallest absolute Gasteiger partial charge is 0.408 e. The van der Waals surface area contributed by atoms with Gasteiger partial charge < -0.3 is 43.3 Å². The van der Waals surface area contributed by atoms with Crippen LogP contribution in [0.15, 0.2) is 30.3 Å². The molecule has 3 unspecified atom stereocenters. The van der Waals surface area contributed by atoms with Crippen LogP contribution in [0.3, 0.4) is 0 Å². The van der Waals surface area contributed by atoms with E-state index in [1.165, 1.54) is 12.8 Å². The molecule has 1 N–H and O–H groups in total. The zero-order valence-electron chi connectivity index (χ0n) is 18.0. The van der Waals surface area contributed by atoms with E-state index in [1.54, 1.807) is 20.8 Å². The van der Waals surface area contributed by atoms with Gasteiger partial charge in [-0.25, -0.2) is 9.59 Å². The summed E-state index contributed by atoms with van der Waals surface area (Å²) in [5, 5.41) is 2.69. The molecule has 29 heavy (non-hydrogen) atoms. The number of benzene rings is 1. The van der Waals surface area contributed by atoms with E-state index in [2.05, 4.69) is 19.4 Å². The minimum atomic E-state index is -0.877. The number of nitrogens with zero attached hydrogens (tertiary/aromatic N) is 1. The van der Waals surface area contributed by atoms with Crippen LogP contribution in [0.5, 0.6) is 0 Å². The SMILES string of the molecule is CC(C)(C)OC(=O)NC(C(=O)OC1CC2CCC(C1)[N+]2(C)C)c1ccccc1.[I-]. The summed E-state index contributed by atoms with van der Waals surface area (Å²) in [5.74, 6) is -0.423. The summed E-state index contributed by atoms with van der Waals surface area (Å²) in [6.45, 7) is 5.38. The van der Waals surface area contributed by atoms with Crippen molar-refractivity contribution in [3.05, 3.63) is 35.9 Å². The third-order valence-corrected chi connectivity index (χ3v) is 6.10. The highest BCUT2D eigenvalue weighted by Crippen LogP contribution is 2.40. The average Bonchev–Trinajstić information content (AvgIpc) is 2.76. The predicted octanol–water partition coefficient (Wildman–Crippen LogP) is 0.569. The maximum Gasteiger partial charge on any atom is 0.408 e. The fourth-order valence-corrected chi connectivity index (χ4v) is 4.51. The monoisotopic (exact) mass is 516 g/mol. The van der Waals surface area contributed by atoms with Crippen LogP contribution in [0.2, 0.25) is 0 Å². The molecule has 2 aliphatic rings. The number of alkyl carbamates (subject to hydrolysis) is 1. The molecule has 1 amide bonds. The Hall–Kier alpha value is -1.35. The van der Waals surface area contributed by atoms with Gasteiger partial charge in [0.2, 0.25) is 0 Å². The molecule has 0 aliphatic carbocycles. The highest BCUT2D eigenvalue weighted by atomic mass is 127. The molecule has 162 valence electrons. The summed E-state index contributed by atoms with van der Waals surface area (Å²) in [4.78, 5) is 25.3. The maximum atomic E-state index is 13.0. The van der Waals surface area contributed by atoms with Crippen LogP contribution in [0.4, 0.5) is 4.79 Å². The summed E-state index contributed by atoms with van der Waals surface area (Å²) < 4.78 is 12.3. The lowest BCUT2D eigenvalue weighted by molar-refractivity contribution is -0.931. The molecule has 6 nitrogen and oxygen atoms in total. The molecular formula is C22H33IN2O4. The Labute approximate surface area is 190 Å². The van der Waals surface area contributed by atoms with Gasteiger partial charge >= 0.3 is 12.1 Å². The molecular weight excluding hydrogens is 483 g/mol. The molecule has 2 saturated heterocycles. The van der Waals surface area contributed by atoms with Crippen molar-refractivity contribution < 1.29 is 47.5 Å². The van der Waals surface area contributed by atoms with Crippen molar-refractivity contribution >= 4 is 12.1 Å². The first-order valence-corrected chi connectivity index (χ1v) is 10.1. The van der Waals surface area contributed by atoms with Gasteiger partial charge in [-0.3, -0.25) is 0 Å². The third kappa shape index (κ3) is 5.84. The summed E-state index contributed by atoms with van der Waals surface area (Å²) >= 11 is 0. The van der Waals surface area contributed by atoms with Crippen LogP contribution in [0.25, 0.3) is 0 Å². The van der Waals surface area contributed by atoms with Crippen molar-refractivity contribution in [2.75, 3.05) is 14.1 Å². The number of carbonyl (C=O) groups is 2. The first-order chi connectivity index (χ1) is 13.1. The zero-order valence-corrected chi connectivity index (χ0v) is 20.1. The van der Waals surface area contributed by atoms with Crippen molar-refractivity contribution in [3.63, 3.8) is 0 Å². The predicted molar refractivity (Wildman–Crippen MR) is 107 cm³/mol. The normalized spacial score (nSPS) is 26.0. The van der Waals surface area contributed by atoms with Gasteiger partial charge in [0.25, 0.3) is 0 Å². The second kappa shape index (κ2) is 9.20. The lowest BCUT2D eigenvalue weighted by Crippen LogP contribution is -3.00. The lowest BCUT2D eigenvalue weighted by atomic mass is 9.97. The number of quaternary nitrogens is 1. The van der Waals surface area contributed by atoms with E-state index < -0.39 is 23.7 Å². The van der Waals surface area contributed by atoms with Crippen LogP contribution in [-0.2, 0) is 14.3 Å². The number of fused-ring (bicyclic) bond motifs is 2. The number of carbonyl (C=O) groups excluding carboxylic acids is 2. The van der Waals surface area contributed by atoms with Gasteiger partial charge in [-0.2, -0.15) is 0 Å². The Morgan fingerprint density at radius 2 is 1.62 bits per heavy atom. The Bertz CT molecular complexity index is 701. The minimum Gasteiger partial charge on any atom is -1.00 e. The van der Waals surface area contributed by atoms with E-state index in [9.17, 15) is 9.59 Å². The molecule has 3 atom stereocenters. The largest absolute Gasteiger partial charge is 1.00 e. The Morgan fingerprint density at radius 1 is 1.07 bits per heavy atom. The second-order valence-corrected chi connectivity index (χ2v) is 9.53. The van der Waals surface area contributed by atoms with Crippen molar-refractivity contribution in [1.29, 1.82) is 0 Å². The number of hydrogen-bond donors (Lipinski definition) is 1. The molecule has 2 fully saturated rings. The van der Waals surface area contributed by atoms with Gasteiger partial charge in [-0.15, -0.1) is 0 Å². The molecule has 0 saturated carbocycles. The average molecular weight is 516 g/mol. The molecule has 1 aromatic carbocycles. The Morgan fingerprint density at radius 3 is 2.14 bits per heavy atom. The number of esters is 1. The number of nitrogens with one attached hydrogen (secondary N) is 1. The summed E-state index contributed by atoms with van der Waals surface area (Å²) in [5.41, 5.74) is 0.0506. The van der Waals surface area contributed by atoms with E-state index in [1.807, 2.05) is 30.3 Å². The zero-order chi connectivity index (χ0) is 20.5. The number of halogens is 1. The van der Waals surface area contributed by atoms with Crippen molar-refractivity contribution in [3.8, 4) is 0 Å². The van der Waals surface area contributed by atoms with E-state index in [4.69, 9.17) is 9.47 Å². The van der Waals surface area contributed by atoms with Crippen molar-refractivity contribution in [1.82, 2.24) is 5.32 Å². The highest BCUT2D eigenvalue weighted by molar-refractivity contribution is 5.83. The Balaban J connectivity index is 0.00000300. The van der Waals surface area contributed by atoms with Gasteiger partial charge in [0.05, 0.1) is 26.2 Å². The number of hydrogen-bond acceptors (Lipinski definition) is 4. The summed E-state index contributed by atoms with van der Waals surface area (Å²) in [7, 11) is 4.55. The lowest BCUT2D eigenvalue weighted by Gasteiger charge is -2.44. The van der Waals surface area contributed by atoms with Crippen molar-refractivity contribution in [2.45, 2.75) is 76.3 Å². The van der Waals surface area contributed by atoms with Gasteiger partial charge in [-0.05, 0) is 26.3 Å². The molecule has 0 radical (unpaired) electrons. The third-order valence-electron chi connectivity index (χ3n) is 6.10. The summed E-state index contributed by atoms with van der Waals surface area (Å²) in [6.07, 6.45) is 3.41. The van der Waals surface area contributed by atoms with Crippen LogP contribution in [0.1, 0.15) is 58.1 Å². The molecule has 1 aromatic rings. The molecule has 3 rings (SSSR count). The topological polar surface area (TPSA) is 64.6 Å². The van der Waals surface area contributed by atoms with Gasteiger partial charge in [-0.1, -0.05) is 30.3 Å². The second-order valence-electron chi connectivity index (χ2n) is 9.53. The maximum absolute atomic E-state index is 13.0. The van der Waals surface area contributed by atoms with Crippen LogP contribution in [0, 0.1) is 0 Å². The number of ether oxygens (including phenoxy) is 2. The van der Waals surface area contributed by atoms with Crippen LogP contribution in [-0.4, -0.2) is 54.4 Å². The van der Waals surface area contributed by atoms with E-state index >= 15 is 0 Å². The Kier molecular flexibility index (Phi) is 7.59. The number of rotatable bonds is 4. The molecule has 0 aromatic heterocycles.